The van der Waals surface area contributed by atoms with Crippen molar-refractivity contribution >= 4 is 35.0 Å². The van der Waals surface area contributed by atoms with Crippen LogP contribution in [0.15, 0.2) is 77.1 Å². The molecule has 0 radical (unpaired) electrons. The highest BCUT2D eigenvalue weighted by atomic mass is 16.4. The van der Waals surface area contributed by atoms with Crippen LogP contribution >= 0.6 is 0 Å². The number of carboxylic acid groups (broad SMARTS) is 2. The van der Waals surface area contributed by atoms with Crippen molar-refractivity contribution in [1.82, 2.24) is 4.98 Å². The largest absolute Gasteiger partial charge is 0.478 e. The van der Waals surface area contributed by atoms with Gasteiger partial charge in [0.05, 0.1) is 6.21 Å². The van der Waals surface area contributed by atoms with Crippen LogP contribution in [0.25, 0.3) is 22.0 Å². The third-order valence-corrected chi connectivity index (χ3v) is 3.56. The van der Waals surface area contributed by atoms with Gasteiger partial charge in [-0.1, -0.05) is 36.4 Å². The van der Waals surface area contributed by atoms with Gasteiger partial charge in [-0.25, -0.2) is 9.59 Å². The predicted molar refractivity (Wildman–Crippen MR) is 112 cm³/mol. The van der Waals surface area contributed by atoms with Gasteiger partial charge in [-0.3, -0.25) is 0 Å². The molecule has 1 heterocycles. The second-order valence-corrected chi connectivity index (χ2v) is 5.65. The zero-order valence-corrected chi connectivity index (χ0v) is 15.2. The molecule has 3 rings (SSSR count). The summed E-state index contributed by atoms with van der Waals surface area (Å²) < 4.78 is 0. The van der Waals surface area contributed by atoms with E-state index in [4.69, 9.17) is 21.7 Å². The maximum Gasteiger partial charge on any atom is 0.328 e. The predicted octanol–water partition coefficient (Wildman–Crippen LogP) is 2.15. The lowest BCUT2D eigenvalue weighted by molar-refractivity contribution is -0.134. The Morgan fingerprint density at radius 1 is 0.931 bits per heavy atom. The van der Waals surface area contributed by atoms with Crippen LogP contribution < -0.4 is 11.5 Å². The van der Waals surface area contributed by atoms with Crippen molar-refractivity contribution in [2.24, 2.45) is 21.7 Å². The lowest BCUT2D eigenvalue weighted by atomic mass is 10.0. The first kappa shape index (κ1) is 20.9. The second kappa shape index (κ2) is 10.1. The zero-order chi connectivity index (χ0) is 21.2. The highest BCUT2D eigenvalue weighted by Crippen LogP contribution is 2.25. The van der Waals surface area contributed by atoms with Crippen LogP contribution in [-0.4, -0.2) is 39.3 Å². The van der Waals surface area contributed by atoms with Gasteiger partial charge in [-0.05, 0) is 23.3 Å². The Morgan fingerprint density at radius 3 is 2.17 bits per heavy atom. The molecule has 0 aliphatic carbocycles. The van der Waals surface area contributed by atoms with Crippen molar-refractivity contribution in [1.29, 1.82) is 0 Å². The third-order valence-electron chi connectivity index (χ3n) is 3.56. The molecule has 29 heavy (non-hydrogen) atoms. The van der Waals surface area contributed by atoms with E-state index in [2.05, 4.69) is 45.5 Å². The van der Waals surface area contributed by atoms with Crippen molar-refractivity contribution < 1.29 is 19.8 Å². The molecule has 9 heteroatoms. The smallest absolute Gasteiger partial charge is 0.328 e. The van der Waals surface area contributed by atoms with Gasteiger partial charge >= 0.3 is 11.9 Å². The molecule has 0 saturated carbocycles. The van der Waals surface area contributed by atoms with Crippen LogP contribution in [0.3, 0.4) is 0 Å². The summed E-state index contributed by atoms with van der Waals surface area (Å²) in [6, 6.07) is 16.5. The molecular weight excluding hydrogens is 374 g/mol. The maximum absolute atomic E-state index is 9.55. The number of guanidine groups is 1. The number of carbonyl (C=O) groups is 2. The number of benzene rings is 2. The molecule has 7 N–H and O–H groups in total. The summed E-state index contributed by atoms with van der Waals surface area (Å²) in [5.41, 5.74) is 14.8. The molecule has 0 unspecified atom stereocenters. The number of H-pyrrole nitrogens is 1. The minimum Gasteiger partial charge on any atom is -0.478 e. The van der Waals surface area contributed by atoms with Gasteiger partial charge in [-0.2, -0.15) is 5.10 Å². The lowest BCUT2D eigenvalue weighted by Gasteiger charge is -2.02. The van der Waals surface area contributed by atoms with Crippen molar-refractivity contribution in [3.05, 3.63) is 72.4 Å². The summed E-state index contributed by atoms with van der Waals surface area (Å²) >= 11 is 0. The molecule has 0 bridgehead atoms. The van der Waals surface area contributed by atoms with Gasteiger partial charge in [0.25, 0.3) is 0 Å². The van der Waals surface area contributed by atoms with Crippen LogP contribution in [-0.2, 0) is 9.59 Å². The fourth-order valence-electron chi connectivity index (χ4n) is 2.36. The molecule has 0 spiro atoms. The topological polar surface area (TPSA) is 167 Å². The molecule has 3 aromatic rings. The van der Waals surface area contributed by atoms with Crippen molar-refractivity contribution in [2.75, 3.05) is 0 Å². The molecular formula is C20H19N5O4. The lowest BCUT2D eigenvalue weighted by Crippen LogP contribution is -2.21. The van der Waals surface area contributed by atoms with E-state index in [1.165, 1.54) is 5.56 Å². The molecule has 2 aromatic carbocycles. The fourth-order valence-corrected chi connectivity index (χ4v) is 2.36. The SMILES string of the molecule is NC(N)=N/N=C/c1c[nH]c2ccc(-c3ccccc3)cc12.O=C(O)/C=C\C(=O)O. The average molecular weight is 393 g/mol. The number of aromatic amines is 1. The normalized spacial score (nSPS) is 10.6. The van der Waals surface area contributed by atoms with Crippen LogP contribution in [0.4, 0.5) is 0 Å². The average Bonchev–Trinajstić information content (AvgIpc) is 3.10. The van der Waals surface area contributed by atoms with Crippen LogP contribution in [0.2, 0.25) is 0 Å². The summed E-state index contributed by atoms with van der Waals surface area (Å²) in [5, 5.41) is 24.2. The Morgan fingerprint density at radius 2 is 1.59 bits per heavy atom. The molecule has 0 aliphatic heterocycles. The van der Waals surface area contributed by atoms with E-state index >= 15 is 0 Å². The number of nitrogens with two attached hydrogens (primary N) is 2. The van der Waals surface area contributed by atoms with Crippen LogP contribution in [0.1, 0.15) is 5.56 Å². The Labute approximate surface area is 165 Å². The minimum absolute atomic E-state index is 0.0592. The summed E-state index contributed by atoms with van der Waals surface area (Å²) in [6.07, 6.45) is 4.63. The summed E-state index contributed by atoms with van der Waals surface area (Å²) in [4.78, 5) is 22.3. The molecule has 9 nitrogen and oxygen atoms in total. The summed E-state index contributed by atoms with van der Waals surface area (Å²) in [6.45, 7) is 0. The van der Waals surface area contributed by atoms with Gasteiger partial charge in [0.15, 0.2) is 0 Å². The Bertz CT molecular complexity index is 1060. The zero-order valence-electron chi connectivity index (χ0n) is 15.2. The molecule has 0 aliphatic rings. The number of hydrogen-bond acceptors (Lipinski definition) is 4. The van der Waals surface area contributed by atoms with Crippen molar-refractivity contribution in [2.45, 2.75) is 0 Å². The summed E-state index contributed by atoms with van der Waals surface area (Å²) in [7, 11) is 0. The number of rotatable bonds is 5. The molecule has 0 amide bonds. The van der Waals surface area contributed by atoms with E-state index in [1.807, 2.05) is 24.4 Å². The monoisotopic (exact) mass is 393 g/mol. The number of aromatic nitrogens is 1. The number of carboxylic acids is 2. The molecule has 0 saturated heterocycles. The van der Waals surface area contributed by atoms with E-state index in [9.17, 15) is 9.59 Å². The van der Waals surface area contributed by atoms with E-state index in [1.54, 1.807) is 6.21 Å². The van der Waals surface area contributed by atoms with Crippen molar-refractivity contribution in [3.8, 4) is 11.1 Å². The number of nitrogens with one attached hydrogen (secondary N) is 1. The standard InChI is InChI=1S/C16H15N5.C4H4O4/c17-16(18)21-20-10-13-9-19-15-7-6-12(8-14(13)15)11-4-2-1-3-5-11;5-3(6)1-2-4(7)8/h1-10,19H,(H4,17,18,21);1-2H,(H,5,6)(H,7,8)/b20-10+;2-1-. The van der Waals surface area contributed by atoms with Gasteiger partial charge in [0.1, 0.15) is 0 Å². The number of nitrogens with zero attached hydrogens (tertiary/aromatic N) is 2. The first-order valence-corrected chi connectivity index (χ1v) is 8.29. The van der Waals surface area contributed by atoms with Gasteiger partial charge in [0.2, 0.25) is 5.96 Å². The summed E-state index contributed by atoms with van der Waals surface area (Å²) in [5.74, 6) is -2.57. The second-order valence-electron chi connectivity index (χ2n) is 5.65. The van der Waals surface area contributed by atoms with E-state index in [0.717, 1.165) is 22.0 Å². The maximum atomic E-state index is 9.55. The van der Waals surface area contributed by atoms with Crippen molar-refractivity contribution in [3.63, 3.8) is 0 Å². The van der Waals surface area contributed by atoms with Gasteiger partial charge < -0.3 is 26.7 Å². The molecule has 1 aromatic heterocycles. The third kappa shape index (κ3) is 6.68. The van der Waals surface area contributed by atoms with Gasteiger partial charge in [0, 0.05) is 34.8 Å². The minimum atomic E-state index is -1.26. The van der Waals surface area contributed by atoms with Gasteiger partial charge in [-0.15, -0.1) is 5.10 Å². The Balaban J connectivity index is 0.000000321. The number of hydrogen-bond donors (Lipinski definition) is 5. The molecule has 148 valence electrons. The van der Waals surface area contributed by atoms with E-state index in [0.29, 0.717) is 12.2 Å². The van der Waals surface area contributed by atoms with Crippen LogP contribution in [0, 0.1) is 0 Å². The first-order valence-electron chi connectivity index (χ1n) is 8.29. The Hall–Kier alpha value is -4.40. The quantitative estimate of drug-likeness (QED) is 0.193. The van der Waals surface area contributed by atoms with E-state index in [-0.39, 0.29) is 5.96 Å². The van der Waals surface area contributed by atoms with Crippen LogP contribution in [0.5, 0.6) is 0 Å². The molecule has 0 atom stereocenters. The number of aliphatic carboxylic acids is 2. The highest BCUT2D eigenvalue weighted by Gasteiger charge is 2.04. The Kier molecular flexibility index (Phi) is 7.26. The highest BCUT2D eigenvalue weighted by molar-refractivity contribution is 6.00. The first-order chi connectivity index (χ1) is 13.9. The fraction of sp³-hybridized carbons (Fsp3) is 0. The molecule has 0 fully saturated rings. The number of fused-ring (bicyclic) bond motifs is 1. The van der Waals surface area contributed by atoms with E-state index < -0.39 is 11.9 Å².